The summed E-state index contributed by atoms with van der Waals surface area (Å²) in [5, 5.41) is 0.657. The Bertz CT molecular complexity index is 816. The van der Waals surface area contributed by atoms with Crippen LogP contribution < -0.4 is 9.47 Å². The molecular weight excluding hydrogens is 487 g/mol. The monoisotopic (exact) mass is 521 g/mol. The van der Waals surface area contributed by atoms with E-state index >= 15 is 0 Å². The molecule has 1 aromatic carbocycles. The van der Waals surface area contributed by atoms with E-state index in [1.165, 1.54) is 30.6 Å². The predicted octanol–water partition coefficient (Wildman–Crippen LogP) is 8.31. The fourth-order valence-electron chi connectivity index (χ4n) is 2.65. The summed E-state index contributed by atoms with van der Waals surface area (Å²) in [6.07, 6.45) is 4.38. The molecule has 1 aromatic heterocycles. The summed E-state index contributed by atoms with van der Waals surface area (Å²) in [4.78, 5) is 14.9. The molecular formula is C25H35Cl2F2NO4. The molecule has 0 bridgehead atoms. The summed E-state index contributed by atoms with van der Waals surface area (Å²) in [7, 11) is 0. The zero-order valence-electron chi connectivity index (χ0n) is 20.6. The first-order chi connectivity index (χ1) is 16.5. The summed E-state index contributed by atoms with van der Waals surface area (Å²) < 4.78 is 40.8. The van der Waals surface area contributed by atoms with Crippen LogP contribution in [0.1, 0.15) is 71.6 Å². The second kappa shape index (κ2) is 18.2. The molecule has 0 aliphatic heterocycles. The number of carbonyl (C=O) groups excluding carboxylic acids is 1. The lowest BCUT2D eigenvalue weighted by atomic mass is 10.0. The molecule has 3 rings (SSSR count). The first-order valence-corrected chi connectivity index (χ1v) is 12.3. The van der Waals surface area contributed by atoms with Crippen molar-refractivity contribution in [1.29, 1.82) is 0 Å². The third kappa shape index (κ3) is 10.9. The Kier molecular flexibility index (Phi) is 17.1. The van der Waals surface area contributed by atoms with Crippen LogP contribution in [-0.2, 0) is 16.0 Å². The van der Waals surface area contributed by atoms with Crippen LogP contribution in [0.4, 0.5) is 8.78 Å². The first-order valence-electron chi connectivity index (χ1n) is 11.6. The topological polar surface area (TPSA) is 57.7 Å². The number of rotatable bonds is 10. The van der Waals surface area contributed by atoms with Crippen LogP contribution in [0.5, 0.6) is 11.5 Å². The summed E-state index contributed by atoms with van der Waals surface area (Å²) >= 11 is 12.3. The smallest absolute Gasteiger partial charge is 0.387 e. The summed E-state index contributed by atoms with van der Waals surface area (Å²) in [6, 6.07) is 4.41. The normalized spacial score (nSPS) is 12.6. The molecule has 0 spiro atoms. The van der Waals surface area contributed by atoms with E-state index in [-0.39, 0.29) is 17.9 Å². The fourth-order valence-corrected chi connectivity index (χ4v) is 3.17. The van der Waals surface area contributed by atoms with Crippen molar-refractivity contribution >= 4 is 29.7 Å². The maximum atomic E-state index is 12.7. The third-order valence-electron chi connectivity index (χ3n) is 4.29. The van der Waals surface area contributed by atoms with Crippen LogP contribution in [-0.4, -0.2) is 24.7 Å². The van der Waals surface area contributed by atoms with Gasteiger partial charge in [-0.25, -0.2) is 0 Å². The lowest BCUT2D eigenvalue weighted by Gasteiger charge is -2.19. The van der Waals surface area contributed by atoms with Gasteiger partial charge in [-0.15, -0.1) is 0 Å². The quantitative estimate of drug-likeness (QED) is 0.294. The maximum Gasteiger partial charge on any atom is 0.387 e. The Labute approximate surface area is 211 Å². The highest BCUT2D eigenvalue weighted by Crippen LogP contribution is 2.37. The Morgan fingerprint density at radius 2 is 1.62 bits per heavy atom. The number of carbonyl (C=O) groups is 1. The summed E-state index contributed by atoms with van der Waals surface area (Å²) in [5.41, 5.74) is 1.09. The number of hydrogen-bond donors (Lipinski definition) is 0. The largest absolute Gasteiger partial charge is 0.489 e. The van der Waals surface area contributed by atoms with Gasteiger partial charge in [0.25, 0.3) is 6.47 Å². The molecule has 1 saturated carbocycles. The Hall–Kier alpha value is -2.12. The van der Waals surface area contributed by atoms with Crippen molar-refractivity contribution in [3.05, 3.63) is 51.8 Å². The average molecular weight is 522 g/mol. The number of alkyl halides is 2. The number of nitrogens with zero attached hydrogens (tertiary/aromatic N) is 1. The molecule has 1 heterocycles. The number of halogens is 4. The van der Waals surface area contributed by atoms with Crippen LogP contribution in [0.25, 0.3) is 0 Å². The molecule has 192 valence electrons. The van der Waals surface area contributed by atoms with E-state index in [0.717, 1.165) is 12.8 Å². The standard InChI is InChI=1S/C19H17Cl2F2NO4.3C2H6/c20-14-7-24-8-15(21)13(14)6-17(27-10-25)12-3-4-16(28-19(22)23)18(5-12)26-9-11-1-2-11;3*1-2/h3-5,7-8,10-11,17,19H,1-2,6,9H2;3*1-2H3. The van der Waals surface area contributed by atoms with Crippen LogP contribution in [0.15, 0.2) is 30.6 Å². The van der Waals surface area contributed by atoms with Crippen LogP contribution in [0.3, 0.4) is 0 Å². The molecule has 1 atom stereocenters. The molecule has 0 radical (unpaired) electrons. The lowest BCUT2D eigenvalue weighted by Crippen LogP contribution is -2.10. The van der Waals surface area contributed by atoms with Crippen molar-refractivity contribution in [1.82, 2.24) is 4.98 Å². The lowest BCUT2D eigenvalue weighted by molar-refractivity contribution is -0.133. The Balaban J connectivity index is 0.00000168. The minimum absolute atomic E-state index is 0.0794. The average Bonchev–Trinajstić information content (AvgIpc) is 3.68. The number of ether oxygens (including phenoxy) is 3. The predicted molar refractivity (Wildman–Crippen MR) is 133 cm³/mol. The first kappa shape index (κ1) is 31.9. The number of hydrogen-bond acceptors (Lipinski definition) is 5. The second-order valence-corrected chi connectivity index (χ2v) is 7.16. The van der Waals surface area contributed by atoms with E-state index in [1.807, 2.05) is 41.5 Å². The zero-order chi connectivity index (χ0) is 26.1. The molecule has 1 aliphatic rings. The Morgan fingerprint density at radius 1 is 1.03 bits per heavy atom. The van der Waals surface area contributed by atoms with Gasteiger partial charge in [0.15, 0.2) is 11.5 Å². The van der Waals surface area contributed by atoms with Crippen molar-refractivity contribution in [2.45, 2.75) is 73.5 Å². The summed E-state index contributed by atoms with van der Waals surface area (Å²) in [5.74, 6) is 0.500. The summed E-state index contributed by atoms with van der Waals surface area (Å²) in [6.45, 7) is 9.73. The van der Waals surface area contributed by atoms with Gasteiger partial charge in [0.2, 0.25) is 0 Å². The highest BCUT2D eigenvalue weighted by atomic mass is 35.5. The van der Waals surface area contributed by atoms with Crippen molar-refractivity contribution in [2.24, 2.45) is 5.92 Å². The van der Waals surface area contributed by atoms with Crippen LogP contribution in [0.2, 0.25) is 10.0 Å². The van der Waals surface area contributed by atoms with Gasteiger partial charge in [0, 0.05) is 18.8 Å². The van der Waals surface area contributed by atoms with Gasteiger partial charge in [-0.1, -0.05) is 70.8 Å². The van der Waals surface area contributed by atoms with E-state index in [0.29, 0.717) is 40.2 Å². The highest BCUT2D eigenvalue weighted by Gasteiger charge is 2.24. The molecule has 1 fully saturated rings. The van der Waals surface area contributed by atoms with Crippen LogP contribution in [0, 0.1) is 5.92 Å². The van der Waals surface area contributed by atoms with Gasteiger partial charge in [0.1, 0.15) is 6.10 Å². The third-order valence-corrected chi connectivity index (χ3v) is 4.94. The number of aromatic nitrogens is 1. The fraction of sp³-hybridized carbons (Fsp3) is 0.520. The van der Waals surface area contributed by atoms with E-state index in [2.05, 4.69) is 9.72 Å². The number of benzene rings is 1. The van der Waals surface area contributed by atoms with Crippen LogP contribution >= 0.6 is 23.2 Å². The van der Waals surface area contributed by atoms with Gasteiger partial charge in [-0.3, -0.25) is 9.78 Å². The molecule has 2 aromatic rings. The van der Waals surface area contributed by atoms with Gasteiger partial charge in [-0.2, -0.15) is 8.78 Å². The van der Waals surface area contributed by atoms with E-state index in [9.17, 15) is 13.6 Å². The molecule has 9 heteroatoms. The molecule has 5 nitrogen and oxygen atoms in total. The maximum absolute atomic E-state index is 12.7. The Morgan fingerprint density at radius 3 is 2.12 bits per heavy atom. The molecule has 0 saturated heterocycles. The van der Waals surface area contributed by atoms with E-state index < -0.39 is 12.7 Å². The zero-order valence-corrected chi connectivity index (χ0v) is 22.1. The van der Waals surface area contributed by atoms with Crippen molar-refractivity contribution < 1.29 is 27.8 Å². The van der Waals surface area contributed by atoms with Crippen molar-refractivity contribution in [3.8, 4) is 11.5 Å². The molecule has 1 aliphatic carbocycles. The number of pyridine rings is 1. The van der Waals surface area contributed by atoms with E-state index in [4.69, 9.17) is 32.7 Å². The van der Waals surface area contributed by atoms with Gasteiger partial charge >= 0.3 is 6.61 Å². The molecule has 1 unspecified atom stereocenters. The van der Waals surface area contributed by atoms with E-state index in [1.54, 1.807) is 0 Å². The van der Waals surface area contributed by atoms with Crippen molar-refractivity contribution in [2.75, 3.05) is 6.61 Å². The molecule has 0 amide bonds. The minimum Gasteiger partial charge on any atom is -0.489 e. The highest BCUT2D eigenvalue weighted by molar-refractivity contribution is 6.35. The molecule has 0 N–H and O–H groups in total. The van der Waals surface area contributed by atoms with Gasteiger partial charge in [-0.05, 0) is 42.0 Å². The minimum atomic E-state index is -2.98. The van der Waals surface area contributed by atoms with Gasteiger partial charge in [0.05, 0.1) is 16.7 Å². The SMILES string of the molecule is CC.CC.CC.O=COC(Cc1c(Cl)cncc1Cl)c1ccc(OC(F)F)c(OCC2CC2)c1. The van der Waals surface area contributed by atoms with Crippen molar-refractivity contribution in [3.63, 3.8) is 0 Å². The second-order valence-electron chi connectivity index (χ2n) is 6.35. The molecule has 34 heavy (non-hydrogen) atoms. The van der Waals surface area contributed by atoms with Gasteiger partial charge < -0.3 is 14.2 Å².